The highest BCUT2D eigenvalue weighted by Gasteiger charge is 2.15. The molecule has 0 aliphatic rings. The molecule has 17 heavy (non-hydrogen) atoms. The molecule has 0 rings (SSSR count). The molecule has 0 aromatic carbocycles. The Bertz CT molecular complexity index is 306. The van der Waals surface area contributed by atoms with E-state index >= 15 is 0 Å². The molecular weight excluding hydrogens is 214 g/mol. The van der Waals surface area contributed by atoms with Crippen molar-refractivity contribution in [3.8, 4) is 0 Å². The number of nitrogens with one attached hydrogen (secondary N) is 1. The third-order valence-electron chi connectivity index (χ3n) is 2.45. The summed E-state index contributed by atoms with van der Waals surface area (Å²) in [5.74, 6) is 0.898. The first kappa shape index (κ1) is 15.7. The summed E-state index contributed by atoms with van der Waals surface area (Å²) in [5, 5.41) is 2.84. The van der Waals surface area contributed by atoms with Crippen LogP contribution in [-0.2, 0) is 4.79 Å². The van der Waals surface area contributed by atoms with Gasteiger partial charge in [-0.25, -0.2) is 0 Å². The number of rotatable bonds is 6. The topological polar surface area (TPSA) is 67.5 Å². The van der Waals surface area contributed by atoms with Gasteiger partial charge in [-0.3, -0.25) is 9.79 Å². The van der Waals surface area contributed by atoms with Crippen molar-refractivity contribution in [3.63, 3.8) is 0 Å². The molecule has 0 aromatic heterocycles. The smallest absolute Gasteiger partial charge is 0.217 e. The van der Waals surface area contributed by atoms with Crippen LogP contribution < -0.4 is 11.1 Å². The van der Waals surface area contributed by atoms with Crippen LogP contribution in [0.5, 0.6) is 0 Å². The van der Waals surface area contributed by atoms with Crippen LogP contribution in [0.4, 0.5) is 0 Å². The first-order valence-electron chi connectivity index (χ1n) is 6.05. The van der Waals surface area contributed by atoms with Gasteiger partial charge in [0.15, 0.2) is 0 Å². The van der Waals surface area contributed by atoms with E-state index in [2.05, 4.69) is 24.2 Å². The summed E-state index contributed by atoms with van der Waals surface area (Å²) < 4.78 is 0. The molecule has 4 nitrogen and oxygen atoms in total. The Morgan fingerprint density at radius 2 is 2.00 bits per heavy atom. The van der Waals surface area contributed by atoms with Crippen LogP contribution >= 0.6 is 0 Å². The molecule has 0 aliphatic carbocycles. The van der Waals surface area contributed by atoms with Crippen LogP contribution in [0.15, 0.2) is 16.6 Å². The molecule has 0 spiro atoms. The second kappa shape index (κ2) is 7.87. The molecule has 0 aromatic rings. The van der Waals surface area contributed by atoms with Gasteiger partial charge < -0.3 is 11.1 Å². The van der Waals surface area contributed by atoms with E-state index in [9.17, 15) is 4.79 Å². The Labute approximate surface area is 104 Å². The quantitative estimate of drug-likeness (QED) is 0.422. The van der Waals surface area contributed by atoms with E-state index in [4.69, 9.17) is 5.73 Å². The van der Waals surface area contributed by atoms with E-state index in [0.717, 1.165) is 6.42 Å². The van der Waals surface area contributed by atoms with Gasteiger partial charge in [0.25, 0.3) is 0 Å². The minimum absolute atomic E-state index is 0.0726. The Morgan fingerprint density at radius 1 is 1.41 bits per heavy atom. The van der Waals surface area contributed by atoms with E-state index in [1.807, 2.05) is 19.9 Å². The predicted octanol–water partition coefficient (Wildman–Crippen LogP) is 1.86. The Hall–Kier alpha value is -1.32. The average molecular weight is 239 g/mol. The fourth-order valence-corrected chi connectivity index (χ4v) is 1.39. The van der Waals surface area contributed by atoms with Gasteiger partial charge in [0.2, 0.25) is 5.91 Å². The van der Waals surface area contributed by atoms with Gasteiger partial charge >= 0.3 is 0 Å². The summed E-state index contributed by atoms with van der Waals surface area (Å²) in [6.45, 7) is 10.3. The number of amides is 1. The molecule has 0 bridgehead atoms. The van der Waals surface area contributed by atoms with E-state index in [1.54, 1.807) is 0 Å². The zero-order chi connectivity index (χ0) is 13.4. The number of hydrogen-bond donors (Lipinski definition) is 2. The molecule has 0 heterocycles. The summed E-state index contributed by atoms with van der Waals surface area (Å²) >= 11 is 0. The molecule has 1 amide bonds. The fourth-order valence-electron chi connectivity index (χ4n) is 1.39. The van der Waals surface area contributed by atoms with Crippen molar-refractivity contribution in [1.29, 1.82) is 0 Å². The lowest BCUT2D eigenvalue weighted by Crippen LogP contribution is -2.44. The first-order chi connectivity index (χ1) is 7.86. The number of nitrogens with two attached hydrogens (primary N) is 1. The summed E-state index contributed by atoms with van der Waals surface area (Å²) in [7, 11) is 0. The minimum Gasteiger partial charge on any atom is -0.386 e. The molecule has 1 atom stereocenters. The standard InChI is InChI=1S/C13H25N3O/c1-6-10(4)8-15-13(14)12(7-9(2)3)16-11(5)17/h6,9,12H,7-8H2,1-5H3,(H2,14,15)(H,16,17)/b10-6+. The van der Waals surface area contributed by atoms with E-state index < -0.39 is 0 Å². The van der Waals surface area contributed by atoms with Crippen LogP contribution in [0.25, 0.3) is 0 Å². The van der Waals surface area contributed by atoms with Crippen LogP contribution in [0, 0.1) is 5.92 Å². The SMILES string of the molecule is C/C=C(\C)CN=C(N)C(CC(C)C)NC(C)=O. The van der Waals surface area contributed by atoms with Gasteiger partial charge in [-0.05, 0) is 26.2 Å². The molecule has 0 saturated heterocycles. The summed E-state index contributed by atoms with van der Waals surface area (Å²) in [6, 6.07) is -0.155. The normalized spacial score (nSPS) is 14.9. The molecule has 98 valence electrons. The minimum atomic E-state index is -0.155. The maximum Gasteiger partial charge on any atom is 0.217 e. The van der Waals surface area contributed by atoms with Crippen molar-refractivity contribution < 1.29 is 4.79 Å². The summed E-state index contributed by atoms with van der Waals surface area (Å²) in [4.78, 5) is 15.4. The van der Waals surface area contributed by atoms with Crippen LogP contribution in [0.2, 0.25) is 0 Å². The van der Waals surface area contributed by atoms with E-state index in [1.165, 1.54) is 12.5 Å². The molecule has 0 fully saturated rings. The maximum atomic E-state index is 11.1. The van der Waals surface area contributed by atoms with Crippen LogP contribution in [0.1, 0.15) is 41.0 Å². The highest BCUT2D eigenvalue weighted by molar-refractivity contribution is 5.89. The molecule has 3 N–H and O–H groups in total. The number of nitrogens with zero attached hydrogens (tertiary/aromatic N) is 1. The van der Waals surface area contributed by atoms with E-state index in [0.29, 0.717) is 18.3 Å². The third-order valence-corrected chi connectivity index (χ3v) is 2.45. The molecular formula is C13H25N3O. The Kier molecular flexibility index (Phi) is 7.26. The Balaban J connectivity index is 4.60. The highest BCUT2D eigenvalue weighted by Crippen LogP contribution is 2.05. The van der Waals surface area contributed by atoms with Gasteiger partial charge in [0.1, 0.15) is 5.84 Å². The van der Waals surface area contributed by atoms with Crippen molar-refractivity contribution in [1.82, 2.24) is 5.32 Å². The largest absolute Gasteiger partial charge is 0.386 e. The summed E-state index contributed by atoms with van der Waals surface area (Å²) in [5.41, 5.74) is 7.09. The first-order valence-corrected chi connectivity index (χ1v) is 6.05. The number of amidine groups is 1. The molecule has 0 saturated carbocycles. The van der Waals surface area contributed by atoms with Crippen molar-refractivity contribution in [2.24, 2.45) is 16.6 Å². The van der Waals surface area contributed by atoms with E-state index in [-0.39, 0.29) is 11.9 Å². The Morgan fingerprint density at radius 3 is 2.41 bits per heavy atom. The lowest BCUT2D eigenvalue weighted by Gasteiger charge is -2.19. The predicted molar refractivity (Wildman–Crippen MR) is 73.0 cm³/mol. The van der Waals surface area contributed by atoms with Gasteiger partial charge in [-0.2, -0.15) is 0 Å². The lowest BCUT2D eigenvalue weighted by molar-refractivity contribution is -0.119. The van der Waals surface area contributed by atoms with Gasteiger partial charge in [-0.15, -0.1) is 0 Å². The van der Waals surface area contributed by atoms with Crippen molar-refractivity contribution in [2.75, 3.05) is 6.54 Å². The zero-order valence-corrected chi connectivity index (χ0v) is 11.6. The fraction of sp³-hybridized carbons (Fsp3) is 0.692. The zero-order valence-electron chi connectivity index (χ0n) is 11.6. The lowest BCUT2D eigenvalue weighted by atomic mass is 10.0. The number of allylic oxidation sites excluding steroid dienone is 1. The highest BCUT2D eigenvalue weighted by atomic mass is 16.1. The van der Waals surface area contributed by atoms with Gasteiger partial charge in [-0.1, -0.05) is 25.5 Å². The average Bonchev–Trinajstić information content (AvgIpc) is 2.23. The molecule has 0 aliphatic heterocycles. The second-order valence-electron chi connectivity index (χ2n) is 4.76. The van der Waals surface area contributed by atoms with Gasteiger partial charge in [0, 0.05) is 6.92 Å². The number of carbonyl (C=O) groups is 1. The molecule has 4 heteroatoms. The van der Waals surface area contributed by atoms with Crippen LogP contribution in [0.3, 0.4) is 0 Å². The second-order valence-corrected chi connectivity index (χ2v) is 4.76. The monoisotopic (exact) mass is 239 g/mol. The molecule has 0 radical (unpaired) electrons. The summed E-state index contributed by atoms with van der Waals surface area (Å²) in [6.07, 6.45) is 2.82. The maximum absolute atomic E-state index is 11.1. The van der Waals surface area contributed by atoms with Crippen molar-refractivity contribution >= 4 is 11.7 Å². The number of hydrogen-bond acceptors (Lipinski definition) is 2. The number of carbonyl (C=O) groups excluding carboxylic acids is 1. The van der Waals surface area contributed by atoms with Crippen molar-refractivity contribution in [3.05, 3.63) is 11.6 Å². The molecule has 1 unspecified atom stereocenters. The van der Waals surface area contributed by atoms with Crippen molar-refractivity contribution in [2.45, 2.75) is 47.1 Å². The van der Waals surface area contributed by atoms with Crippen LogP contribution in [-0.4, -0.2) is 24.3 Å². The van der Waals surface area contributed by atoms with Gasteiger partial charge in [0.05, 0.1) is 12.6 Å². The number of aliphatic imine (C=N–C) groups is 1. The third kappa shape index (κ3) is 7.55.